The van der Waals surface area contributed by atoms with Crippen LogP contribution in [0.4, 0.5) is 4.79 Å². The lowest BCUT2D eigenvalue weighted by Crippen LogP contribution is -2.47. The predicted octanol–water partition coefficient (Wildman–Crippen LogP) is 4.30. The highest BCUT2D eigenvalue weighted by molar-refractivity contribution is 8.76. The van der Waals surface area contributed by atoms with Crippen LogP contribution in [-0.4, -0.2) is 47.4 Å². The van der Waals surface area contributed by atoms with Gasteiger partial charge in [-0.2, -0.15) is 0 Å². The molecule has 0 aliphatic heterocycles. The minimum atomic E-state index is -0.896. The van der Waals surface area contributed by atoms with Crippen molar-refractivity contribution in [2.45, 2.75) is 70.5 Å². The van der Waals surface area contributed by atoms with E-state index in [2.05, 4.69) is 15.3 Å². The number of amides is 1. The van der Waals surface area contributed by atoms with Crippen molar-refractivity contribution in [3.05, 3.63) is 10.4 Å². The molecule has 0 bridgehead atoms. The van der Waals surface area contributed by atoms with Crippen molar-refractivity contribution in [2.24, 2.45) is 5.11 Å². The lowest BCUT2D eigenvalue weighted by atomic mass is 10.1. The fraction of sp³-hybridized carbons (Fsp3) is 0.867. The minimum absolute atomic E-state index is 0.154. The van der Waals surface area contributed by atoms with Crippen molar-refractivity contribution in [2.75, 3.05) is 12.8 Å². The Morgan fingerprint density at radius 2 is 1.72 bits per heavy atom. The average Bonchev–Trinajstić information content (AvgIpc) is 2.40. The third-order valence-electron chi connectivity index (χ3n) is 2.46. The van der Waals surface area contributed by atoms with Gasteiger partial charge in [0.05, 0.1) is 0 Å². The van der Waals surface area contributed by atoms with Crippen LogP contribution in [0, 0.1) is 0 Å². The number of alkyl carbamates (subject to hydrolysis) is 1. The monoisotopic (exact) mass is 392 g/mol. The van der Waals surface area contributed by atoms with E-state index < -0.39 is 29.3 Å². The quantitative estimate of drug-likeness (QED) is 0.216. The molecule has 0 fully saturated rings. The Kier molecular flexibility index (Phi) is 10.1. The molecule has 0 spiro atoms. The maximum absolute atomic E-state index is 12.5. The third kappa shape index (κ3) is 12.7. The number of carbonyl (C=O) groups is 2. The SMILES string of the molecule is CSSC(CN=[N+]=[N-])CC(NC(=O)OC(C)(C)C)C(=O)OC(C)(C)C. The Bertz CT molecular complexity index is 497. The molecular weight excluding hydrogens is 364 g/mol. The molecule has 0 aromatic heterocycles. The fourth-order valence-electron chi connectivity index (χ4n) is 1.71. The van der Waals surface area contributed by atoms with E-state index >= 15 is 0 Å². The van der Waals surface area contributed by atoms with Crippen molar-refractivity contribution in [3.8, 4) is 0 Å². The van der Waals surface area contributed by atoms with Crippen molar-refractivity contribution in [3.63, 3.8) is 0 Å². The number of hydrogen-bond donors (Lipinski definition) is 1. The zero-order valence-corrected chi connectivity index (χ0v) is 17.5. The summed E-state index contributed by atoms with van der Waals surface area (Å²) in [5.74, 6) is -0.550. The molecule has 0 saturated heterocycles. The molecule has 0 aliphatic rings. The van der Waals surface area contributed by atoms with E-state index in [1.165, 1.54) is 21.6 Å². The molecule has 2 unspecified atom stereocenters. The second-order valence-corrected chi connectivity index (χ2v) is 10.0. The lowest BCUT2D eigenvalue weighted by molar-refractivity contribution is -0.157. The number of nitrogens with zero attached hydrogens (tertiary/aromatic N) is 3. The van der Waals surface area contributed by atoms with E-state index in [0.717, 1.165) is 0 Å². The van der Waals surface area contributed by atoms with E-state index in [9.17, 15) is 9.59 Å². The first kappa shape index (κ1) is 23.8. The van der Waals surface area contributed by atoms with Gasteiger partial charge in [0.1, 0.15) is 17.2 Å². The zero-order chi connectivity index (χ0) is 19.7. The fourth-order valence-corrected chi connectivity index (χ4v) is 3.61. The summed E-state index contributed by atoms with van der Waals surface area (Å²) in [6.45, 7) is 10.7. The lowest BCUT2D eigenvalue weighted by Gasteiger charge is -2.27. The molecule has 1 N–H and O–H groups in total. The van der Waals surface area contributed by atoms with Gasteiger partial charge in [-0.3, -0.25) is 0 Å². The first-order chi connectivity index (χ1) is 11.4. The molecule has 0 aromatic carbocycles. The van der Waals surface area contributed by atoms with Gasteiger partial charge in [-0.05, 0) is 59.8 Å². The maximum atomic E-state index is 12.5. The molecule has 0 rings (SSSR count). The van der Waals surface area contributed by atoms with Gasteiger partial charge < -0.3 is 14.8 Å². The third-order valence-corrected chi connectivity index (χ3v) is 4.66. The Labute approximate surface area is 157 Å². The highest BCUT2D eigenvalue weighted by atomic mass is 33.1. The highest BCUT2D eigenvalue weighted by Gasteiger charge is 2.31. The summed E-state index contributed by atoms with van der Waals surface area (Å²) in [6, 6.07) is -0.896. The van der Waals surface area contributed by atoms with Crippen molar-refractivity contribution in [1.29, 1.82) is 0 Å². The zero-order valence-electron chi connectivity index (χ0n) is 15.9. The summed E-state index contributed by atoms with van der Waals surface area (Å²) in [5, 5.41) is 5.98. The summed E-state index contributed by atoms with van der Waals surface area (Å²) in [6.07, 6.45) is 1.45. The molecule has 0 heterocycles. The Balaban J connectivity index is 5.18. The van der Waals surface area contributed by atoms with Gasteiger partial charge in [-0.25, -0.2) is 9.59 Å². The van der Waals surface area contributed by atoms with Crippen LogP contribution in [0.1, 0.15) is 48.0 Å². The number of rotatable bonds is 8. The van der Waals surface area contributed by atoms with Crippen LogP contribution >= 0.6 is 21.6 Å². The van der Waals surface area contributed by atoms with Crippen molar-refractivity contribution >= 4 is 33.7 Å². The van der Waals surface area contributed by atoms with Gasteiger partial charge in [0.2, 0.25) is 0 Å². The van der Waals surface area contributed by atoms with Crippen LogP contribution in [0.2, 0.25) is 0 Å². The Morgan fingerprint density at radius 3 is 2.16 bits per heavy atom. The van der Waals surface area contributed by atoms with E-state index in [-0.39, 0.29) is 18.2 Å². The molecule has 25 heavy (non-hydrogen) atoms. The van der Waals surface area contributed by atoms with Gasteiger partial charge >= 0.3 is 12.1 Å². The van der Waals surface area contributed by atoms with Crippen molar-refractivity contribution < 1.29 is 19.1 Å². The van der Waals surface area contributed by atoms with Gasteiger partial charge in [0, 0.05) is 16.7 Å². The van der Waals surface area contributed by atoms with E-state index in [1.807, 2.05) is 6.26 Å². The second-order valence-electron chi connectivity index (χ2n) is 7.27. The van der Waals surface area contributed by atoms with Gasteiger partial charge in [-0.1, -0.05) is 26.7 Å². The van der Waals surface area contributed by atoms with Crippen LogP contribution in [0.3, 0.4) is 0 Å². The van der Waals surface area contributed by atoms with E-state index in [4.69, 9.17) is 15.0 Å². The van der Waals surface area contributed by atoms with Crippen LogP contribution in [0.15, 0.2) is 5.11 Å². The number of nitrogens with one attached hydrogen (secondary N) is 1. The molecule has 0 aromatic rings. The average molecular weight is 393 g/mol. The first-order valence-corrected chi connectivity index (χ1v) is 10.4. The minimum Gasteiger partial charge on any atom is -0.458 e. The van der Waals surface area contributed by atoms with Crippen molar-refractivity contribution in [1.82, 2.24) is 5.32 Å². The van der Waals surface area contributed by atoms with Gasteiger partial charge in [0.15, 0.2) is 0 Å². The standard InChI is InChI=1S/C15H28N4O4S2/c1-14(2,3)22-12(20)11(18-13(21)23-15(4,5)6)8-10(25-24-7)9-17-19-16/h10-11H,8-9H2,1-7H3,(H,18,21). The topological polar surface area (TPSA) is 113 Å². The van der Waals surface area contributed by atoms with Gasteiger partial charge in [-0.15, -0.1) is 0 Å². The van der Waals surface area contributed by atoms with E-state index in [1.54, 1.807) is 41.5 Å². The summed E-state index contributed by atoms with van der Waals surface area (Å²) in [5.41, 5.74) is 7.15. The second kappa shape index (κ2) is 10.7. The van der Waals surface area contributed by atoms with Crippen LogP contribution in [-0.2, 0) is 14.3 Å². The van der Waals surface area contributed by atoms with E-state index in [0.29, 0.717) is 0 Å². The molecule has 0 aliphatic carbocycles. The molecule has 10 heteroatoms. The molecule has 0 saturated carbocycles. The first-order valence-electron chi connectivity index (χ1n) is 7.80. The smallest absolute Gasteiger partial charge is 0.408 e. The molecule has 144 valence electrons. The molecule has 0 radical (unpaired) electrons. The molecule has 8 nitrogen and oxygen atoms in total. The summed E-state index contributed by atoms with van der Waals surface area (Å²) < 4.78 is 10.6. The summed E-state index contributed by atoms with van der Waals surface area (Å²) in [4.78, 5) is 27.3. The predicted molar refractivity (Wildman–Crippen MR) is 103 cm³/mol. The number of azide groups is 1. The Hall–Kier alpha value is -1.25. The number of esters is 1. The maximum Gasteiger partial charge on any atom is 0.408 e. The highest BCUT2D eigenvalue weighted by Crippen LogP contribution is 2.28. The summed E-state index contributed by atoms with van der Waals surface area (Å²) >= 11 is 0. The molecule has 1 amide bonds. The van der Waals surface area contributed by atoms with Crippen LogP contribution in [0.25, 0.3) is 10.4 Å². The van der Waals surface area contributed by atoms with Gasteiger partial charge in [0.25, 0.3) is 0 Å². The molecule has 2 atom stereocenters. The largest absolute Gasteiger partial charge is 0.458 e. The molecular formula is C15H28N4O4S2. The van der Waals surface area contributed by atoms with Crippen LogP contribution in [0.5, 0.6) is 0 Å². The number of ether oxygens (including phenoxy) is 2. The van der Waals surface area contributed by atoms with Crippen LogP contribution < -0.4 is 5.32 Å². The number of hydrogen-bond acceptors (Lipinski definition) is 7. The summed E-state index contributed by atoms with van der Waals surface area (Å²) in [7, 11) is 2.97. The number of carbonyl (C=O) groups excluding carboxylic acids is 2. The Morgan fingerprint density at radius 1 is 1.16 bits per heavy atom. The normalized spacial score (nSPS) is 14.0.